The van der Waals surface area contributed by atoms with Crippen LogP contribution in [0.5, 0.6) is 0 Å². The lowest BCUT2D eigenvalue weighted by Gasteiger charge is -2.52. The van der Waals surface area contributed by atoms with E-state index in [1.165, 1.54) is 18.2 Å². The van der Waals surface area contributed by atoms with Gasteiger partial charge in [-0.1, -0.05) is 66.5 Å². The van der Waals surface area contributed by atoms with Gasteiger partial charge < -0.3 is 10.0 Å². The molecule has 0 aromatic heterocycles. The first-order valence-electron chi connectivity index (χ1n) is 14.1. The molecule has 0 bridgehead atoms. The van der Waals surface area contributed by atoms with Crippen molar-refractivity contribution in [1.82, 2.24) is 4.90 Å². The van der Waals surface area contributed by atoms with E-state index in [2.05, 4.69) is 0 Å². The van der Waals surface area contributed by atoms with E-state index in [1.54, 1.807) is 36.1 Å². The molecule has 1 aliphatic carbocycles. The number of nitrogens with zero attached hydrogens (tertiary/aromatic N) is 2. The highest BCUT2D eigenvalue weighted by Gasteiger charge is 2.55. The highest BCUT2D eigenvalue weighted by Crippen LogP contribution is 2.54. The predicted molar refractivity (Wildman–Crippen MR) is 165 cm³/mol. The second kappa shape index (κ2) is 12.1. The maximum absolute atomic E-state index is 15.0. The Morgan fingerprint density at radius 3 is 2.30 bits per heavy atom. The van der Waals surface area contributed by atoms with Crippen LogP contribution in [0.4, 0.5) is 10.1 Å². The van der Waals surface area contributed by atoms with Gasteiger partial charge >= 0.3 is 5.97 Å². The minimum Gasteiger partial charge on any atom is -0.481 e. The lowest BCUT2D eigenvalue weighted by Crippen LogP contribution is -2.59. The summed E-state index contributed by atoms with van der Waals surface area (Å²) in [6.07, 6.45) is 2.32. The highest BCUT2D eigenvalue weighted by atomic mass is 35.5. The summed E-state index contributed by atoms with van der Waals surface area (Å²) in [6.45, 7) is 1.47. The van der Waals surface area contributed by atoms with Crippen LogP contribution >= 0.6 is 23.2 Å². The number of anilines is 1. The number of benzene rings is 3. The van der Waals surface area contributed by atoms with E-state index in [-0.39, 0.29) is 36.4 Å². The van der Waals surface area contributed by atoms with Gasteiger partial charge in [0.15, 0.2) is 0 Å². The number of para-hydroxylation sites is 1. The largest absolute Gasteiger partial charge is 0.481 e. The van der Waals surface area contributed by atoms with Crippen molar-refractivity contribution in [2.75, 3.05) is 17.1 Å². The zero-order valence-electron chi connectivity index (χ0n) is 23.8. The number of rotatable bonds is 10. The molecule has 1 saturated carbocycles. The van der Waals surface area contributed by atoms with E-state index in [0.29, 0.717) is 10.0 Å². The Hall–Kier alpha value is -3.14. The molecule has 3 aromatic rings. The first-order chi connectivity index (χ1) is 20.3. The molecule has 4 atom stereocenters. The molecule has 0 spiro atoms. The van der Waals surface area contributed by atoms with Crippen molar-refractivity contribution in [1.29, 1.82) is 0 Å². The van der Waals surface area contributed by atoms with Crippen molar-refractivity contribution >= 4 is 50.8 Å². The number of amides is 1. The maximum atomic E-state index is 15.0. The summed E-state index contributed by atoms with van der Waals surface area (Å²) >= 11 is 12.7. The molecule has 1 N–H and O–H groups in total. The van der Waals surface area contributed by atoms with Crippen molar-refractivity contribution in [3.8, 4) is 0 Å². The molecule has 1 heterocycles. The molecule has 2 aliphatic rings. The van der Waals surface area contributed by atoms with E-state index >= 15 is 4.39 Å². The molecule has 228 valence electrons. The lowest BCUT2D eigenvalue weighted by atomic mass is 9.67. The van der Waals surface area contributed by atoms with Gasteiger partial charge in [-0.2, -0.15) is 0 Å². The number of likely N-dealkylation sites (tertiary alicyclic amines) is 1. The number of hydrogen-bond donors (Lipinski definition) is 1. The zero-order chi connectivity index (χ0) is 31.1. The fourth-order valence-electron chi connectivity index (χ4n) is 6.43. The molecule has 1 aliphatic heterocycles. The van der Waals surface area contributed by atoms with Crippen LogP contribution in [0.25, 0.3) is 0 Å². The van der Waals surface area contributed by atoms with Gasteiger partial charge in [-0.15, -0.1) is 0 Å². The molecule has 0 radical (unpaired) electrons. The fourth-order valence-corrected chi connectivity index (χ4v) is 7.68. The smallest absolute Gasteiger partial charge is 0.304 e. The van der Waals surface area contributed by atoms with Gasteiger partial charge in [0, 0.05) is 16.0 Å². The third-order valence-electron chi connectivity index (χ3n) is 8.53. The summed E-state index contributed by atoms with van der Waals surface area (Å²) in [7, 11) is -3.98. The number of halogens is 3. The first kappa shape index (κ1) is 31.3. The van der Waals surface area contributed by atoms with Crippen molar-refractivity contribution in [3.63, 3.8) is 0 Å². The molecular weight excluding hydrogens is 614 g/mol. The lowest BCUT2D eigenvalue weighted by molar-refractivity contribution is -0.160. The third kappa shape index (κ3) is 6.69. The van der Waals surface area contributed by atoms with Gasteiger partial charge in [0.1, 0.15) is 5.82 Å². The van der Waals surface area contributed by atoms with Crippen LogP contribution in [0.3, 0.4) is 0 Å². The molecule has 1 amide bonds. The van der Waals surface area contributed by atoms with Gasteiger partial charge in [0.2, 0.25) is 15.9 Å². The summed E-state index contributed by atoms with van der Waals surface area (Å²) < 4.78 is 42.4. The zero-order valence-corrected chi connectivity index (χ0v) is 26.1. The normalized spacial score (nSPS) is 23.2. The quantitative estimate of drug-likeness (QED) is 0.258. The van der Waals surface area contributed by atoms with E-state index in [4.69, 9.17) is 23.2 Å². The first-order valence-corrected chi connectivity index (χ1v) is 16.7. The number of aliphatic carboxylic acids is 1. The van der Waals surface area contributed by atoms with E-state index in [9.17, 15) is 23.1 Å². The highest BCUT2D eigenvalue weighted by molar-refractivity contribution is 7.92. The van der Waals surface area contributed by atoms with Gasteiger partial charge in [0.25, 0.3) is 0 Å². The molecule has 1 unspecified atom stereocenters. The summed E-state index contributed by atoms with van der Waals surface area (Å²) in [5, 5.41) is 10.9. The Bertz CT molecular complexity index is 1630. The SMILES string of the molecule is C[C@]1(CC(=O)O)C[C@H](c2cccc(Cl)c2)[C@@H](c2ccc(Cl)cc2)N(C(CN(c2ccccc2F)S(C)(=O)=O)C2CC2)C1=O. The Morgan fingerprint density at radius 1 is 1.05 bits per heavy atom. The van der Waals surface area contributed by atoms with Crippen LogP contribution in [0.1, 0.15) is 55.7 Å². The van der Waals surface area contributed by atoms with Crippen LogP contribution in [-0.2, 0) is 19.6 Å². The number of carboxylic acids is 1. The van der Waals surface area contributed by atoms with E-state index < -0.39 is 45.7 Å². The van der Waals surface area contributed by atoms with Gasteiger partial charge in [-0.25, -0.2) is 12.8 Å². The Labute approximate surface area is 261 Å². The topological polar surface area (TPSA) is 95.0 Å². The van der Waals surface area contributed by atoms with E-state index in [0.717, 1.165) is 34.5 Å². The number of carboxylic acid groups (broad SMARTS) is 1. The molecule has 2 fully saturated rings. The summed E-state index contributed by atoms with van der Waals surface area (Å²) in [4.78, 5) is 28.5. The summed E-state index contributed by atoms with van der Waals surface area (Å²) in [5.41, 5.74) is 0.179. The molecular formula is C32H33Cl2FN2O5S. The second-order valence-corrected chi connectivity index (χ2v) is 14.6. The molecule has 1 saturated heterocycles. The fraction of sp³-hybridized carbons (Fsp3) is 0.375. The van der Waals surface area contributed by atoms with Crippen LogP contribution in [0.15, 0.2) is 72.8 Å². The monoisotopic (exact) mass is 646 g/mol. The number of carbonyl (C=O) groups excluding carboxylic acids is 1. The van der Waals surface area contributed by atoms with Crippen molar-refractivity contribution in [3.05, 3.63) is 99.8 Å². The van der Waals surface area contributed by atoms with Crippen molar-refractivity contribution in [2.24, 2.45) is 11.3 Å². The number of hydrogen-bond acceptors (Lipinski definition) is 4. The third-order valence-corrected chi connectivity index (χ3v) is 10.2. The molecule has 7 nitrogen and oxygen atoms in total. The standard InChI is InChI=1S/C32H33Cl2FN2O5S/c1-32(18-29(38)39)17-25(22-6-5-7-24(34)16-22)30(21-12-14-23(33)15-13-21)37(31(32)40)28(20-10-11-20)19-36(43(2,41)42)27-9-4-3-8-26(27)35/h3-9,12-16,20,25,28,30H,10-11,17-19H2,1-2H3,(H,38,39)/t25-,28?,30-,32-/m1/s1. The Kier molecular flexibility index (Phi) is 8.80. The minimum absolute atomic E-state index is 0.0676. The predicted octanol–water partition coefficient (Wildman–Crippen LogP) is 6.92. The summed E-state index contributed by atoms with van der Waals surface area (Å²) in [5.74, 6) is -2.65. The Morgan fingerprint density at radius 2 is 1.72 bits per heavy atom. The molecule has 5 rings (SSSR count). The second-order valence-electron chi connectivity index (χ2n) is 11.9. The number of carbonyl (C=O) groups is 2. The summed E-state index contributed by atoms with van der Waals surface area (Å²) in [6, 6.07) is 18.8. The number of sulfonamides is 1. The van der Waals surface area contributed by atoms with Crippen LogP contribution in [0.2, 0.25) is 10.0 Å². The Balaban J connectivity index is 1.71. The van der Waals surface area contributed by atoms with Gasteiger partial charge in [-0.3, -0.25) is 13.9 Å². The number of piperidine rings is 1. The molecule has 11 heteroatoms. The maximum Gasteiger partial charge on any atom is 0.304 e. The minimum atomic E-state index is -3.98. The van der Waals surface area contributed by atoms with Crippen molar-refractivity contribution in [2.45, 2.75) is 50.6 Å². The van der Waals surface area contributed by atoms with Gasteiger partial charge in [-0.05, 0) is 72.7 Å². The van der Waals surface area contributed by atoms with Crippen LogP contribution in [0, 0.1) is 17.2 Å². The van der Waals surface area contributed by atoms with Crippen molar-refractivity contribution < 1.29 is 27.5 Å². The average molecular weight is 648 g/mol. The van der Waals surface area contributed by atoms with E-state index in [1.807, 2.05) is 30.3 Å². The molecule has 3 aromatic carbocycles. The average Bonchev–Trinajstić information content (AvgIpc) is 3.77. The molecule has 43 heavy (non-hydrogen) atoms. The van der Waals surface area contributed by atoms with Crippen LogP contribution < -0.4 is 4.31 Å². The van der Waals surface area contributed by atoms with Crippen LogP contribution in [-0.4, -0.2) is 49.1 Å². The van der Waals surface area contributed by atoms with Gasteiger partial charge in [0.05, 0.1) is 42.4 Å².